The number of fused-ring (bicyclic) bond motifs is 3. The summed E-state index contributed by atoms with van der Waals surface area (Å²) in [7, 11) is 0. The number of piperidine rings is 3. The molecule has 0 amide bonds. The second-order valence-electron chi connectivity index (χ2n) is 5.01. The van der Waals surface area contributed by atoms with E-state index in [1.165, 1.54) is 31.4 Å². The predicted octanol–water partition coefficient (Wildman–Crippen LogP) is 2.75. The fourth-order valence-electron chi connectivity index (χ4n) is 2.88. The van der Waals surface area contributed by atoms with E-state index in [1.54, 1.807) is 12.1 Å². The number of nitrogens with zero attached hydrogens (tertiary/aromatic N) is 1. The van der Waals surface area contributed by atoms with Crippen molar-refractivity contribution in [3.63, 3.8) is 0 Å². The van der Waals surface area contributed by atoms with Crippen molar-refractivity contribution < 1.29 is 13.9 Å². The second kappa shape index (κ2) is 3.74. The Bertz CT molecular complexity index is 354. The number of hydrogen-bond donors (Lipinski definition) is 0. The van der Waals surface area contributed by atoms with Crippen LogP contribution in [0.1, 0.15) is 19.3 Å². The van der Waals surface area contributed by atoms with Crippen LogP contribution in [-0.4, -0.2) is 24.3 Å². The van der Waals surface area contributed by atoms with Crippen LogP contribution >= 0.6 is 0 Å². The molecule has 0 unspecified atom stereocenters. The number of hydroxylamine groups is 3. The van der Waals surface area contributed by atoms with Gasteiger partial charge in [-0.15, -0.1) is 4.65 Å². The van der Waals surface area contributed by atoms with Gasteiger partial charge in [-0.1, -0.05) is 0 Å². The van der Waals surface area contributed by atoms with Gasteiger partial charge in [-0.3, -0.25) is 0 Å². The van der Waals surface area contributed by atoms with Gasteiger partial charge >= 0.3 is 0 Å². The molecular weight excluding hydrogens is 205 g/mol. The van der Waals surface area contributed by atoms with E-state index in [0.29, 0.717) is 0 Å². The van der Waals surface area contributed by atoms with E-state index >= 15 is 0 Å². The topological polar surface area (TPSA) is 9.23 Å². The van der Waals surface area contributed by atoms with Gasteiger partial charge in [0.05, 0.1) is 0 Å². The molecule has 4 rings (SSSR count). The van der Waals surface area contributed by atoms with Crippen molar-refractivity contribution in [2.45, 2.75) is 19.3 Å². The Morgan fingerprint density at radius 2 is 1.56 bits per heavy atom. The first-order valence-electron chi connectivity index (χ1n) is 6.07. The molecule has 2 nitrogen and oxygen atoms in total. The summed E-state index contributed by atoms with van der Waals surface area (Å²) in [5.74, 6) is 1.52. The standard InChI is InChI=1S/C13H17FNO/c14-12-1-3-13(4-2-12)16-15-8-5-11(6-9-15)7-10-15/h1-4,11H,5-10H2/q+1. The highest BCUT2D eigenvalue weighted by atomic mass is 19.1. The van der Waals surface area contributed by atoms with Crippen LogP contribution in [0.5, 0.6) is 5.75 Å². The Balaban J connectivity index is 1.75. The molecule has 16 heavy (non-hydrogen) atoms. The summed E-state index contributed by atoms with van der Waals surface area (Å²) in [6, 6.07) is 6.38. The van der Waals surface area contributed by atoms with Crippen molar-refractivity contribution in [2.75, 3.05) is 19.6 Å². The molecule has 0 radical (unpaired) electrons. The summed E-state index contributed by atoms with van der Waals surface area (Å²) < 4.78 is 13.5. The zero-order chi connectivity index (χ0) is 11.0. The van der Waals surface area contributed by atoms with Crippen LogP contribution in [0, 0.1) is 11.7 Å². The van der Waals surface area contributed by atoms with E-state index in [9.17, 15) is 4.39 Å². The maximum atomic E-state index is 12.8. The lowest BCUT2D eigenvalue weighted by Crippen LogP contribution is -2.60. The maximum Gasteiger partial charge on any atom is 0.190 e. The molecule has 0 spiro atoms. The molecular formula is C13H17FNO+. The third-order valence-electron chi connectivity index (χ3n) is 3.95. The van der Waals surface area contributed by atoms with Crippen LogP contribution in [0.2, 0.25) is 0 Å². The number of hydrogen-bond acceptors (Lipinski definition) is 1. The largest absolute Gasteiger partial charge is 0.315 e. The summed E-state index contributed by atoms with van der Waals surface area (Å²) in [4.78, 5) is 6.06. The molecule has 1 aromatic rings. The van der Waals surface area contributed by atoms with E-state index in [0.717, 1.165) is 35.9 Å². The zero-order valence-corrected chi connectivity index (χ0v) is 9.36. The Morgan fingerprint density at radius 3 is 2.12 bits per heavy atom. The van der Waals surface area contributed by atoms with Crippen LogP contribution in [0.3, 0.4) is 0 Å². The van der Waals surface area contributed by atoms with Crippen molar-refractivity contribution in [1.82, 2.24) is 0 Å². The van der Waals surface area contributed by atoms with Crippen LogP contribution < -0.4 is 4.84 Å². The van der Waals surface area contributed by atoms with Gasteiger partial charge in [0.15, 0.2) is 5.75 Å². The van der Waals surface area contributed by atoms with Gasteiger partial charge in [0, 0.05) is 19.3 Å². The smallest absolute Gasteiger partial charge is 0.190 e. The summed E-state index contributed by atoms with van der Waals surface area (Å²) in [5.41, 5.74) is 0. The molecule has 0 aromatic heterocycles. The lowest BCUT2D eigenvalue weighted by atomic mass is 9.88. The Morgan fingerprint density at radius 1 is 1.00 bits per heavy atom. The fraction of sp³-hybridized carbons (Fsp3) is 0.538. The quantitative estimate of drug-likeness (QED) is 0.699. The molecule has 3 aliphatic heterocycles. The summed E-state index contributed by atoms with van der Waals surface area (Å²) in [6.45, 7) is 3.34. The highest BCUT2D eigenvalue weighted by Gasteiger charge is 2.42. The molecule has 2 bridgehead atoms. The van der Waals surface area contributed by atoms with Crippen LogP contribution in [0.25, 0.3) is 0 Å². The van der Waals surface area contributed by atoms with Crippen LogP contribution in [0.15, 0.2) is 24.3 Å². The number of rotatable bonds is 2. The molecule has 0 N–H and O–H groups in total. The summed E-state index contributed by atoms with van der Waals surface area (Å²) in [5, 5.41) is 0. The van der Waals surface area contributed by atoms with E-state index in [2.05, 4.69) is 0 Å². The predicted molar refractivity (Wildman–Crippen MR) is 59.2 cm³/mol. The Hall–Kier alpha value is -1.09. The molecule has 0 saturated carbocycles. The molecule has 0 aliphatic carbocycles. The van der Waals surface area contributed by atoms with Crippen molar-refractivity contribution >= 4 is 0 Å². The molecule has 3 fully saturated rings. The molecule has 3 saturated heterocycles. The van der Waals surface area contributed by atoms with Gasteiger partial charge in [-0.2, -0.15) is 0 Å². The van der Waals surface area contributed by atoms with Gasteiger partial charge in [0.25, 0.3) is 0 Å². The zero-order valence-electron chi connectivity index (χ0n) is 9.36. The van der Waals surface area contributed by atoms with Crippen molar-refractivity contribution in [2.24, 2.45) is 5.92 Å². The highest BCUT2D eigenvalue weighted by molar-refractivity contribution is 5.21. The SMILES string of the molecule is Fc1ccc(O[N+]23CCC(CC2)CC3)cc1. The average molecular weight is 222 g/mol. The van der Waals surface area contributed by atoms with Crippen molar-refractivity contribution in [1.29, 1.82) is 0 Å². The molecule has 1 aromatic carbocycles. The fourth-order valence-corrected chi connectivity index (χ4v) is 2.88. The highest BCUT2D eigenvalue weighted by Crippen LogP contribution is 2.34. The molecule has 86 valence electrons. The second-order valence-corrected chi connectivity index (χ2v) is 5.01. The van der Waals surface area contributed by atoms with E-state index < -0.39 is 0 Å². The van der Waals surface area contributed by atoms with Crippen LogP contribution in [0.4, 0.5) is 4.39 Å². The Labute approximate surface area is 95.2 Å². The lowest BCUT2D eigenvalue weighted by Gasteiger charge is -2.45. The van der Waals surface area contributed by atoms with Gasteiger partial charge in [0.2, 0.25) is 0 Å². The molecule has 3 heterocycles. The van der Waals surface area contributed by atoms with E-state index in [-0.39, 0.29) is 5.82 Å². The first-order valence-corrected chi connectivity index (χ1v) is 6.07. The summed E-state index contributed by atoms with van der Waals surface area (Å²) in [6.07, 6.45) is 3.84. The number of quaternary nitrogens is 1. The van der Waals surface area contributed by atoms with Gasteiger partial charge in [-0.25, -0.2) is 4.39 Å². The van der Waals surface area contributed by atoms with Gasteiger partial charge < -0.3 is 4.84 Å². The minimum Gasteiger partial charge on any atom is -0.315 e. The van der Waals surface area contributed by atoms with E-state index in [1.807, 2.05) is 0 Å². The normalized spacial score (nSPS) is 32.7. The van der Waals surface area contributed by atoms with Crippen molar-refractivity contribution in [3.8, 4) is 5.75 Å². The summed E-state index contributed by atoms with van der Waals surface area (Å²) >= 11 is 0. The first kappa shape index (κ1) is 10.1. The monoisotopic (exact) mass is 222 g/mol. The first-order chi connectivity index (χ1) is 7.76. The van der Waals surface area contributed by atoms with Gasteiger partial charge in [-0.05, 0) is 30.2 Å². The third-order valence-corrected chi connectivity index (χ3v) is 3.95. The maximum absolute atomic E-state index is 12.8. The lowest BCUT2D eigenvalue weighted by molar-refractivity contribution is -1.09. The van der Waals surface area contributed by atoms with Crippen molar-refractivity contribution in [3.05, 3.63) is 30.1 Å². The molecule has 3 heteroatoms. The average Bonchev–Trinajstić information content (AvgIpc) is 2.34. The van der Waals surface area contributed by atoms with Crippen LogP contribution in [-0.2, 0) is 0 Å². The molecule has 3 aliphatic rings. The minimum absolute atomic E-state index is 0.204. The Kier molecular flexibility index (Phi) is 2.36. The minimum atomic E-state index is -0.204. The van der Waals surface area contributed by atoms with E-state index in [4.69, 9.17) is 4.84 Å². The third kappa shape index (κ3) is 1.80. The number of halogens is 1. The molecule has 0 atom stereocenters. The van der Waals surface area contributed by atoms with Gasteiger partial charge in [0.1, 0.15) is 25.5 Å². The number of benzene rings is 1.